The van der Waals surface area contributed by atoms with Crippen molar-refractivity contribution in [3.05, 3.63) is 48.5 Å². The number of nitrogens with zero attached hydrogens (tertiary/aromatic N) is 4. The smallest absolute Gasteiger partial charge is 0.221 e. The molecule has 1 aromatic heterocycles. The van der Waals surface area contributed by atoms with E-state index < -0.39 is 0 Å². The molecule has 2 N–H and O–H groups in total. The van der Waals surface area contributed by atoms with Crippen LogP contribution in [0.2, 0.25) is 0 Å². The highest BCUT2D eigenvalue weighted by Crippen LogP contribution is 2.27. The van der Waals surface area contributed by atoms with Gasteiger partial charge in [-0.25, -0.2) is 9.98 Å². The molecule has 3 rings (SSSR count). The summed E-state index contributed by atoms with van der Waals surface area (Å²) in [6, 6.07) is 8.23. The molecule has 7 nitrogen and oxygen atoms in total. The first-order valence-corrected chi connectivity index (χ1v) is 9.94. The molecule has 2 heterocycles. The maximum absolute atomic E-state index is 11.3. The van der Waals surface area contributed by atoms with Crippen LogP contribution in [0.15, 0.2) is 48.0 Å². The van der Waals surface area contributed by atoms with Crippen molar-refractivity contribution in [1.82, 2.24) is 19.8 Å². The Labute approximate surface area is 166 Å². The van der Waals surface area contributed by atoms with Gasteiger partial charge in [-0.1, -0.05) is 19.1 Å². The van der Waals surface area contributed by atoms with Crippen molar-refractivity contribution in [1.29, 1.82) is 0 Å². The summed E-state index contributed by atoms with van der Waals surface area (Å²) >= 11 is 0. The van der Waals surface area contributed by atoms with Crippen molar-refractivity contribution < 1.29 is 4.79 Å². The van der Waals surface area contributed by atoms with Crippen LogP contribution in [0, 0.1) is 5.92 Å². The molecule has 2 atom stereocenters. The Morgan fingerprint density at radius 2 is 2.25 bits per heavy atom. The van der Waals surface area contributed by atoms with E-state index in [-0.39, 0.29) is 5.91 Å². The highest BCUT2D eigenvalue weighted by Gasteiger charge is 2.28. The Balaban J connectivity index is 1.72. The van der Waals surface area contributed by atoms with E-state index in [1.54, 1.807) is 0 Å². The molecule has 7 heteroatoms. The van der Waals surface area contributed by atoms with Crippen LogP contribution >= 0.6 is 0 Å². The van der Waals surface area contributed by atoms with E-state index in [1.165, 1.54) is 6.92 Å². The lowest BCUT2D eigenvalue weighted by Crippen LogP contribution is -2.49. The first-order chi connectivity index (χ1) is 13.6. The Kier molecular flexibility index (Phi) is 6.68. The predicted molar refractivity (Wildman–Crippen MR) is 112 cm³/mol. The molecule has 0 spiro atoms. The van der Waals surface area contributed by atoms with Gasteiger partial charge in [0.2, 0.25) is 5.91 Å². The van der Waals surface area contributed by atoms with Crippen molar-refractivity contribution in [3.8, 4) is 0 Å². The van der Waals surface area contributed by atoms with Crippen LogP contribution in [-0.2, 0) is 11.3 Å². The van der Waals surface area contributed by atoms with Gasteiger partial charge < -0.3 is 20.1 Å². The topological polar surface area (TPSA) is 74.6 Å². The third-order valence-electron chi connectivity index (χ3n) is 5.12. The number of nitrogens with one attached hydrogen (secondary N) is 2. The lowest BCUT2D eigenvalue weighted by Gasteiger charge is -2.39. The number of anilines is 1. The normalized spacial score (nSPS) is 20.1. The van der Waals surface area contributed by atoms with Gasteiger partial charge in [-0.15, -0.1) is 0 Å². The second kappa shape index (κ2) is 9.39. The molecule has 1 aliphatic rings. The zero-order valence-corrected chi connectivity index (χ0v) is 16.9. The number of likely N-dealkylation sites (tertiary alicyclic amines) is 1. The molecule has 0 aliphatic carbocycles. The molecule has 0 radical (unpaired) electrons. The number of amides is 1. The van der Waals surface area contributed by atoms with E-state index >= 15 is 0 Å². The number of hydrogen-bond donors (Lipinski definition) is 2. The number of carbonyl (C=O) groups is 1. The van der Waals surface area contributed by atoms with Crippen LogP contribution < -0.4 is 10.6 Å². The molecule has 0 saturated carbocycles. The number of guanidine groups is 1. The van der Waals surface area contributed by atoms with Crippen molar-refractivity contribution in [2.24, 2.45) is 10.9 Å². The van der Waals surface area contributed by atoms with Gasteiger partial charge in [0, 0.05) is 44.6 Å². The van der Waals surface area contributed by atoms with Crippen molar-refractivity contribution in [2.75, 3.05) is 25.0 Å². The number of hydrogen-bond acceptors (Lipinski definition) is 3. The van der Waals surface area contributed by atoms with Crippen LogP contribution in [0.25, 0.3) is 0 Å². The molecule has 1 aliphatic heterocycles. The summed E-state index contributed by atoms with van der Waals surface area (Å²) in [5.74, 6) is 1.47. The number of carbonyl (C=O) groups excluding carboxylic acids is 1. The molecule has 150 valence electrons. The zero-order chi connectivity index (χ0) is 19.9. The Morgan fingerprint density at radius 1 is 1.39 bits per heavy atom. The summed E-state index contributed by atoms with van der Waals surface area (Å²) in [5.41, 5.74) is 1.87. The number of rotatable bonds is 5. The summed E-state index contributed by atoms with van der Waals surface area (Å²) in [6.07, 6.45) is 6.91. The molecule has 1 saturated heterocycles. The number of benzene rings is 1. The van der Waals surface area contributed by atoms with Crippen LogP contribution in [0.1, 0.15) is 38.8 Å². The van der Waals surface area contributed by atoms with Gasteiger partial charge in [-0.2, -0.15) is 0 Å². The number of piperidine rings is 1. The predicted octanol–water partition coefficient (Wildman–Crippen LogP) is 2.89. The lowest BCUT2D eigenvalue weighted by atomic mass is 9.93. The summed E-state index contributed by atoms with van der Waals surface area (Å²) in [4.78, 5) is 22.7. The average molecular weight is 383 g/mol. The van der Waals surface area contributed by atoms with Gasteiger partial charge in [0.25, 0.3) is 0 Å². The van der Waals surface area contributed by atoms with Gasteiger partial charge in [0.15, 0.2) is 5.96 Å². The van der Waals surface area contributed by atoms with Gasteiger partial charge in [0.1, 0.15) is 0 Å². The Bertz CT molecular complexity index is 801. The SMILES string of the molecule is CCNC(=NCc1cccc(NC(C)=O)c1)N1CCC(C)C(n2ccnc2)C1. The molecular formula is C21H30N6O. The van der Waals surface area contributed by atoms with E-state index in [0.29, 0.717) is 18.5 Å². The Morgan fingerprint density at radius 3 is 2.96 bits per heavy atom. The number of aromatic nitrogens is 2. The van der Waals surface area contributed by atoms with Crippen LogP contribution in [0.3, 0.4) is 0 Å². The molecule has 0 bridgehead atoms. The van der Waals surface area contributed by atoms with Crippen molar-refractivity contribution >= 4 is 17.6 Å². The van der Waals surface area contributed by atoms with Crippen LogP contribution in [0.5, 0.6) is 0 Å². The average Bonchev–Trinajstić information content (AvgIpc) is 3.20. The molecule has 1 aromatic carbocycles. The molecular weight excluding hydrogens is 352 g/mol. The fourth-order valence-electron chi connectivity index (χ4n) is 3.64. The summed E-state index contributed by atoms with van der Waals surface area (Å²) in [6.45, 7) is 9.21. The minimum Gasteiger partial charge on any atom is -0.357 e. The van der Waals surface area contributed by atoms with Gasteiger partial charge in [-0.3, -0.25) is 4.79 Å². The maximum Gasteiger partial charge on any atom is 0.221 e. The highest BCUT2D eigenvalue weighted by molar-refractivity contribution is 5.88. The lowest BCUT2D eigenvalue weighted by molar-refractivity contribution is -0.114. The Hall–Kier alpha value is -2.83. The zero-order valence-electron chi connectivity index (χ0n) is 16.9. The standard InChI is InChI=1S/C21H30N6O/c1-4-23-21(24-13-18-6-5-7-19(12-18)25-17(3)28)26-10-8-16(2)20(14-26)27-11-9-22-15-27/h5-7,9,11-12,15-16,20H,4,8,10,13-14H2,1-3H3,(H,23,24)(H,25,28). The third kappa shape index (κ3) is 5.12. The molecule has 28 heavy (non-hydrogen) atoms. The first-order valence-electron chi connectivity index (χ1n) is 9.94. The fourth-order valence-corrected chi connectivity index (χ4v) is 3.64. The number of imidazole rings is 1. The van der Waals surface area contributed by atoms with Gasteiger partial charge in [-0.05, 0) is 37.0 Å². The quantitative estimate of drug-likeness (QED) is 0.616. The minimum atomic E-state index is -0.0676. The van der Waals surface area contributed by atoms with E-state index in [1.807, 2.05) is 43.0 Å². The molecule has 1 amide bonds. The summed E-state index contributed by atoms with van der Waals surface area (Å²) in [7, 11) is 0. The van der Waals surface area contributed by atoms with E-state index in [2.05, 4.69) is 38.9 Å². The molecule has 2 aromatic rings. The van der Waals surface area contributed by atoms with Crippen LogP contribution in [0.4, 0.5) is 5.69 Å². The number of aliphatic imine (C=N–C) groups is 1. The fraction of sp³-hybridized carbons (Fsp3) is 0.476. The molecule has 2 unspecified atom stereocenters. The largest absolute Gasteiger partial charge is 0.357 e. The van der Waals surface area contributed by atoms with E-state index in [4.69, 9.17) is 4.99 Å². The maximum atomic E-state index is 11.3. The highest BCUT2D eigenvalue weighted by atomic mass is 16.1. The monoisotopic (exact) mass is 382 g/mol. The first kappa shape index (κ1) is 19.9. The summed E-state index contributed by atoms with van der Waals surface area (Å²) in [5, 5.41) is 6.26. The van der Waals surface area contributed by atoms with Crippen LogP contribution in [-0.4, -0.2) is 46.0 Å². The second-order valence-electron chi connectivity index (χ2n) is 7.34. The summed E-state index contributed by atoms with van der Waals surface area (Å²) < 4.78 is 2.21. The second-order valence-corrected chi connectivity index (χ2v) is 7.34. The van der Waals surface area contributed by atoms with Crippen molar-refractivity contribution in [2.45, 2.75) is 39.8 Å². The van der Waals surface area contributed by atoms with E-state index in [0.717, 1.165) is 43.3 Å². The third-order valence-corrected chi connectivity index (χ3v) is 5.12. The van der Waals surface area contributed by atoms with Crippen molar-refractivity contribution in [3.63, 3.8) is 0 Å². The molecule has 1 fully saturated rings. The van der Waals surface area contributed by atoms with E-state index in [9.17, 15) is 4.79 Å². The minimum absolute atomic E-state index is 0.0676. The van der Waals surface area contributed by atoms with Gasteiger partial charge in [0.05, 0.1) is 18.9 Å². The van der Waals surface area contributed by atoms with Gasteiger partial charge >= 0.3 is 0 Å².